The molecule has 94 valence electrons. The van der Waals surface area contributed by atoms with Crippen LogP contribution in [-0.2, 0) is 14.6 Å². The summed E-state index contributed by atoms with van der Waals surface area (Å²) in [5, 5.41) is 8.77. The second kappa shape index (κ2) is 4.35. The van der Waals surface area contributed by atoms with Gasteiger partial charge in [0.15, 0.2) is 9.84 Å². The zero-order chi connectivity index (χ0) is 12.6. The molecule has 0 aromatic rings. The quantitative estimate of drug-likeness (QED) is 0.822. The van der Waals surface area contributed by atoms with Gasteiger partial charge in [0, 0.05) is 0 Å². The Kier molecular flexibility index (Phi) is 3.67. The Hall–Kier alpha value is -0.580. The summed E-state index contributed by atoms with van der Waals surface area (Å²) in [4.78, 5) is 10.7. The van der Waals surface area contributed by atoms with Gasteiger partial charge in [0.25, 0.3) is 0 Å². The van der Waals surface area contributed by atoms with E-state index in [2.05, 4.69) is 0 Å². The minimum atomic E-state index is -2.99. The van der Waals surface area contributed by atoms with E-state index in [-0.39, 0.29) is 17.6 Å². The van der Waals surface area contributed by atoms with Crippen molar-refractivity contribution in [3.63, 3.8) is 0 Å². The number of rotatable bonds is 4. The van der Waals surface area contributed by atoms with Gasteiger partial charge in [0.05, 0.1) is 16.4 Å². The number of hydrogen-bond acceptors (Lipinski definition) is 3. The maximum Gasteiger partial charge on any atom is 0.306 e. The molecule has 1 N–H and O–H groups in total. The fraction of sp³-hybridized carbons (Fsp3) is 0.909. The van der Waals surface area contributed by atoms with Crippen molar-refractivity contribution >= 4 is 15.8 Å². The Balaban J connectivity index is 2.62. The summed E-state index contributed by atoms with van der Waals surface area (Å²) in [6.45, 7) is 5.18. The van der Waals surface area contributed by atoms with Crippen molar-refractivity contribution in [2.24, 2.45) is 11.8 Å². The molecule has 0 bridgehead atoms. The average Bonchev–Trinajstić information content (AvgIpc) is 2.34. The van der Waals surface area contributed by atoms with Crippen molar-refractivity contribution in [2.45, 2.75) is 44.8 Å². The molecule has 4 nitrogen and oxygen atoms in total. The summed E-state index contributed by atoms with van der Waals surface area (Å²) < 4.78 is 22.8. The first-order chi connectivity index (χ1) is 7.18. The molecular formula is C11H20O4S. The highest BCUT2D eigenvalue weighted by Gasteiger charge is 2.46. The van der Waals surface area contributed by atoms with Crippen LogP contribution >= 0.6 is 0 Å². The van der Waals surface area contributed by atoms with E-state index < -0.39 is 20.6 Å². The summed E-state index contributed by atoms with van der Waals surface area (Å²) in [6.07, 6.45) is 1.90. The predicted molar refractivity (Wildman–Crippen MR) is 62.0 cm³/mol. The van der Waals surface area contributed by atoms with Gasteiger partial charge < -0.3 is 5.11 Å². The highest BCUT2D eigenvalue weighted by atomic mass is 32.2. The first-order valence-electron chi connectivity index (χ1n) is 5.63. The van der Waals surface area contributed by atoms with Crippen molar-refractivity contribution in [3.8, 4) is 0 Å². The van der Waals surface area contributed by atoms with E-state index in [4.69, 9.17) is 5.11 Å². The van der Waals surface area contributed by atoms with Crippen LogP contribution < -0.4 is 0 Å². The van der Waals surface area contributed by atoms with Gasteiger partial charge in [-0.15, -0.1) is 0 Å². The highest BCUT2D eigenvalue weighted by Crippen LogP contribution is 2.40. The van der Waals surface area contributed by atoms with E-state index in [0.717, 1.165) is 0 Å². The number of hydrogen-bond donors (Lipinski definition) is 1. The lowest BCUT2D eigenvalue weighted by atomic mass is 9.86. The molecule has 0 spiro atoms. The largest absolute Gasteiger partial charge is 0.481 e. The zero-order valence-electron chi connectivity index (χ0n) is 10.1. The molecule has 1 rings (SSSR count). The lowest BCUT2D eigenvalue weighted by molar-refractivity contribution is -0.141. The molecule has 5 heteroatoms. The van der Waals surface area contributed by atoms with Gasteiger partial charge in [-0.25, -0.2) is 8.42 Å². The molecule has 0 saturated carbocycles. The molecule has 1 saturated heterocycles. The molecule has 0 aromatic carbocycles. The van der Waals surface area contributed by atoms with E-state index >= 15 is 0 Å². The van der Waals surface area contributed by atoms with Crippen LogP contribution in [-0.4, -0.2) is 30.0 Å². The van der Waals surface area contributed by atoms with Crippen LogP contribution in [0.3, 0.4) is 0 Å². The standard InChI is InChI=1S/C11H20O4S/c1-8(10(12)13)4-5-9-6-7-16(14,15)11(9,2)3/h8-9H,4-7H2,1-3H3,(H,12,13). The van der Waals surface area contributed by atoms with Crippen LogP contribution in [0.4, 0.5) is 0 Å². The molecule has 2 atom stereocenters. The normalized spacial score (nSPS) is 28.8. The van der Waals surface area contributed by atoms with E-state index in [1.165, 1.54) is 0 Å². The topological polar surface area (TPSA) is 71.4 Å². The minimum absolute atomic E-state index is 0.0966. The van der Waals surface area contributed by atoms with Crippen molar-refractivity contribution < 1.29 is 18.3 Å². The molecule has 0 amide bonds. The van der Waals surface area contributed by atoms with Gasteiger partial charge in [0.1, 0.15) is 0 Å². The molecule has 0 aromatic heterocycles. The number of aliphatic carboxylic acids is 1. The molecule has 16 heavy (non-hydrogen) atoms. The first kappa shape index (κ1) is 13.5. The predicted octanol–water partition coefficient (Wildman–Crippen LogP) is 1.70. The van der Waals surface area contributed by atoms with Crippen molar-refractivity contribution in [1.82, 2.24) is 0 Å². The van der Waals surface area contributed by atoms with Crippen LogP contribution in [0.2, 0.25) is 0 Å². The molecule has 0 radical (unpaired) electrons. The van der Waals surface area contributed by atoms with E-state index in [0.29, 0.717) is 19.3 Å². The Morgan fingerprint density at radius 1 is 1.50 bits per heavy atom. The molecular weight excluding hydrogens is 228 g/mol. The van der Waals surface area contributed by atoms with Crippen molar-refractivity contribution in [2.75, 3.05) is 5.75 Å². The van der Waals surface area contributed by atoms with Gasteiger partial charge in [-0.05, 0) is 39.0 Å². The summed E-state index contributed by atoms with van der Waals surface area (Å²) in [6, 6.07) is 0. The first-order valence-corrected chi connectivity index (χ1v) is 7.29. The number of sulfone groups is 1. The summed E-state index contributed by atoms with van der Waals surface area (Å²) >= 11 is 0. The monoisotopic (exact) mass is 248 g/mol. The maximum absolute atomic E-state index is 11.8. The van der Waals surface area contributed by atoms with Crippen LogP contribution in [0.5, 0.6) is 0 Å². The molecule has 1 fully saturated rings. The number of carboxylic acid groups (broad SMARTS) is 1. The van der Waals surface area contributed by atoms with Gasteiger partial charge in [0.2, 0.25) is 0 Å². The Bertz CT molecular complexity index is 369. The second-order valence-electron chi connectivity index (χ2n) is 5.22. The minimum Gasteiger partial charge on any atom is -0.481 e. The Morgan fingerprint density at radius 3 is 2.44 bits per heavy atom. The van der Waals surface area contributed by atoms with Crippen molar-refractivity contribution in [1.29, 1.82) is 0 Å². The third-order valence-electron chi connectivity index (χ3n) is 3.89. The average molecular weight is 248 g/mol. The van der Waals surface area contributed by atoms with E-state index in [9.17, 15) is 13.2 Å². The second-order valence-corrected chi connectivity index (χ2v) is 7.91. The Labute approximate surface area is 97.0 Å². The van der Waals surface area contributed by atoms with Crippen LogP contribution in [0.1, 0.15) is 40.0 Å². The van der Waals surface area contributed by atoms with Gasteiger partial charge >= 0.3 is 5.97 Å². The number of carbonyl (C=O) groups is 1. The van der Waals surface area contributed by atoms with Crippen LogP contribution in [0.25, 0.3) is 0 Å². The third-order valence-corrected chi connectivity index (χ3v) is 6.60. The highest BCUT2D eigenvalue weighted by molar-refractivity contribution is 7.93. The lowest BCUT2D eigenvalue weighted by Crippen LogP contribution is -2.33. The van der Waals surface area contributed by atoms with Crippen LogP contribution in [0.15, 0.2) is 0 Å². The van der Waals surface area contributed by atoms with Gasteiger partial charge in [-0.1, -0.05) is 6.92 Å². The molecule has 1 aliphatic rings. The summed E-state index contributed by atoms with van der Waals surface area (Å²) in [7, 11) is -2.99. The maximum atomic E-state index is 11.8. The summed E-state index contributed by atoms with van der Waals surface area (Å²) in [5.41, 5.74) is 0. The number of carboxylic acids is 1. The lowest BCUT2D eigenvalue weighted by Gasteiger charge is -2.26. The van der Waals surface area contributed by atoms with E-state index in [1.54, 1.807) is 20.8 Å². The Morgan fingerprint density at radius 2 is 2.06 bits per heavy atom. The zero-order valence-corrected chi connectivity index (χ0v) is 10.9. The molecule has 1 heterocycles. The fourth-order valence-corrected chi connectivity index (χ4v) is 4.09. The molecule has 0 aliphatic carbocycles. The molecule has 2 unspecified atom stereocenters. The smallest absolute Gasteiger partial charge is 0.306 e. The molecule has 1 aliphatic heterocycles. The van der Waals surface area contributed by atoms with E-state index in [1.807, 2.05) is 0 Å². The van der Waals surface area contributed by atoms with Crippen LogP contribution in [0, 0.1) is 11.8 Å². The summed E-state index contributed by atoms with van der Waals surface area (Å²) in [5.74, 6) is -0.858. The van der Waals surface area contributed by atoms with Crippen molar-refractivity contribution in [3.05, 3.63) is 0 Å². The van der Waals surface area contributed by atoms with Gasteiger partial charge in [-0.2, -0.15) is 0 Å². The fourth-order valence-electron chi connectivity index (χ4n) is 2.23. The third kappa shape index (κ3) is 2.39. The SMILES string of the molecule is CC(CCC1CCS(=O)(=O)C1(C)C)C(=O)O. The van der Waals surface area contributed by atoms with Gasteiger partial charge in [-0.3, -0.25) is 4.79 Å².